The Morgan fingerprint density at radius 3 is 2.56 bits per heavy atom. The van der Waals surface area contributed by atoms with Crippen LogP contribution in [0.2, 0.25) is 10.2 Å². The Kier molecular flexibility index (Phi) is 3.73. The molecule has 5 nitrogen and oxygen atoms in total. The van der Waals surface area contributed by atoms with Crippen LogP contribution in [0, 0.1) is 0 Å². The summed E-state index contributed by atoms with van der Waals surface area (Å²) < 4.78 is 22.5. The molecule has 98 valence electrons. The molecule has 0 aromatic carbocycles. The monoisotopic (exact) mass is 328 g/mol. The average Bonchev–Trinajstić information content (AvgIpc) is 2.60. The average molecular weight is 330 g/mol. The fourth-order valence-corrected chi connectivity index (χ4v) is 3.31. The lowest BCUT2D eigenvalue weighted by Gasteiger charge is -2.18. The van der Waals surface area contributed by atoms with E-state index in [4.69, 9.17) is 33.9 Å². The molecule has 0 aliphatic carbocycles. The van der Waals surface area contributed by atoms with E-state index in [1.54, 1.807) is 0 Å². The second-order valence-corrected chi connectivity index (χ2v) is 7.41. The molecule has 1 saturated heterocycles. The highest BCUT2D eigenvalue weighted by molar-refractivity contribution is 8.14. The first kappa shape index (κ1) is 13.9. The van der Waals surface area contributed by atoms with Gasteiger partial charge in [0.1, 0.15) is 10.9 Å². The number of hydrogen-bond acceptors (Lipinski definition) is 4. The number of carbonyl (C=O) groups excluding carboxylic acids is 1. The maximum absolute atomic E-state index is 11.8. The largest absolute Gasteiger partial charge is 0.307 e. The van der Waals surface area contributed by atoms with E-state index in [1.807, 2.05) is 0 Å². The molecule has 0 spiro atoms. The second kappa shape index (κ2) is 4.85. The van der Waals surface area contributed by atoms with Gasteiger partial charge in [0.05, 0.1) is 5.02 Å². The summed E-state index contributed by atoms with van der Waals surface area (Å²) in [5.41, 5.74) is 0.216. The van der Waals surface area contributed by atoms with Gasteiger partial charge in [-0.25, -0.2) is 13.4 Å². The number of amides is 1. The Labute approximate surface area is 118 Å². The zero-order chi connectivity index (χ0) is 13.5. The molecular formula is C9H7Cl3N2O3S. The van der Waals surface area contributed by atoms with Crippen LogP contribution in [0.25, 0.3) is 0 Å². The number of carbonyl (C=O) groups is 1. The van der Waals surface area contributed by atoms with Crippen LogP contribution in [-0.2, 0) is 13.8 Å². The number of nitrogens with zero attached hydrogens (tertiary/aromatic N) is 2. The van der Waals surface area contributed by atoms with Crippen LogP contribution in [0.5, 0.6) is 0 Å². The van der Waals surface area contributed by atoms with E-state index in [2.05, 4.69) is 4.98 Å². The van der Waals surface area contributed by atoms with Crippen LogP contribution in [0.15, 0.2) is 12.3 Å². The topological polar surface area (TPSA) is 67.3 Å². The summed E-state index contributed by atoms with van der Waals surface area (Å²) in [6.07, 6.45) is 1.21. The van der Waals surface area contributed by atoms with Crippen molar-refractivity contribution >= 4 is 54.5 Å². The number of aromatic nitrogens is 1. The van der Waals surface area contributed by atoms with Crippen molar-refractivity contribution in [2.75, 3.05) is 11.4 Å². The van der Waals surface area contributed by atoms with Gasteiger partial charge >= 0.3 is 0 Å². The van der Waals surface area contributed by atoms with Crippen molar-refractivity contribution in [1.82, 2.24) is 4.98 Å². The summed E-state index contributed by atoms with van der Waals surface area (Å²) in [6, 6.07) is 1.47. The molecule has 1 aromatic heterocycles. The van der Waals surface area contributed by atoms with E-state index < -0.39 is 20.2 Å². The number of anilines is 1. The quantitative estimate of drug-likeness (QED) is 0.615. The van der Waals surface area contributed by atoms with E-state index in [0.29, 0.717) is 0 Å². The van der Waals surface area contributed by atoms with Gasteiger partial charge in [0.2, 0.25) is 15.0 Å². The molecule has 18 heavy (non-hydrogen) atoms. The summed E-state index contributed by atoms with van der Waals surface area (Å²) in [4.78, 5) is 16.8. The Morgan fingerprint density at radius 1 is 1.39 bits per heavy atom. The van der Waals surface area contributed by atoms with E-state index in [0.717, 1.165) is 0 Å². The molecule has 1 amide bonds. The lowest BCUT2D eigenvalue weighted by atomic mass is 10.4. The Morgan fingerprint density at radius 2 is 2.06 bits per heavy atom. The van der Waals surface area contributed by atoms with Crippen LogP contribution < -0.4 is 4.90 Å². The van der Waals surface area contributed by atoms with E-state index in [1.165, 1.54) is 17.2 Å². The first-order valence-electron chi connectivity index (χ1n) is 4.84. The number of halogens is 3. The predicted octanol–water partition coefficient (Wildman–Crippen LogP) is 2.06. The lowest BCUT2D eigenvalue weighted by Crippen LogP contribution is -2.27. The van der Waals surface area contributed by atoms with Gasteiger partial charge in [-0.3, -0.25) is 4.79 Å². The SMILES string of the molecule is O=C1CC(S(=O)(=O)Cl)CN1c1c(Cl)ccnc1Cl. The van der Waals surface area contributed by atoms with E-state index >= 15 is 0 Å². The van der Waals surface area contributed by atoms with Gasteiger partial charge in [0, 0.05) is 29.8 Å². The van der Waals surface area contributed by atoms with Crippen molar-refractivity contribution in [1.29, 1.82) is 0 Å². The molecule has 0 N–H and O–H groups in total. The van der Waals surface area contributed by atoms with Crippen molar-refractivity contribution in [2.24, 2.45) is 0 Å². The van der Waals surface area contributed by atoms with Crippen LogP contribution in [0.3, 0.4) is 0 Å². The minimum atomic E-state index is -3.80. The normalized spacial score (nSPS) is 20.5. The predicted molar refractivity (Wildman–Crippen MR) is 69.8 cm³/mol. The van der Waals surface area contributed by atoms with Crippen molar-refractivity contribution in [3.8, 4) is 0 Å². The molecule has 1 unspecified atom stereocenters. The van der Waals surface area contributed by atoms with Gasteiger partial charge in [0.15, 0.2) is 5.15 Å². The molecule has 1 fully saturated rings. The molecule has 9 heteroatoms. The fourth-order valence-electron chi connectivity index (χ4n) is 1.73. The van der Waals surface area contributed by atoms with Crippen molar-refractivity contribution < 1.29 is 13.2 Å². The smallest absolute Gasteiger partial charge is 0.237 e. The van der Waals surface area contributed by atoms with Gasteiger partial charge < -0.3 is 4.90 Å². The summed E-state index contributed by atoms with van der Waals surface area (Å²) in [5.74, 6) is -0.402. The number of rotatable bonds is 2. The highest BCUT2D eigenvalue weighted by Gasteiger charge is 2.39. The third-order valence-electron chi connectivity index (χ3n) is 2.59. The maximum atomic E-state index is 11.8. The molecule has 1 atom stereocenters. The standard InChI is InChI=1S/C9H7Cl3N2O3S/c10-6-1-2-13-9(11)8(6)14-4-5(3-7(14)15)18(12,16)17/h1-2,5H,3-4H2. The zero-order valence-corrected chi connectivity index (χ0v) is 11.9. The molecule has 1 aliphatic heterocycles. The number of pyridine rings is 1. The van der Waals surface area contributed by atoms with Crippen LogP contribution in [0.1, 0.15) is 6.42 Å². The van der Waals surface area contributed by atoms with Gasteiger partial charge in [-0.1, -0.05) is 23.2 Å². The first-order valence-corrected chi connectivity index (χ1v) is 7.97. The number of hydrogen-bond donors (Lipinski definition) is 0. The van der Waals surface area contributed by atoms with Crippen LogP contribution >= 0.6 is 33.9 Å². The molecule has 0 bridgehead atoms. The molecule has 1 aromatic rings. The molecule has 2 rings (SSSR count). The minimum absolute atomic E-state index is 0.0449. The molecule has 0 saturated carbocycles. The molecule has 2 heterocycles. The van der Waals surface area contributed by atoms with E-state index in [-0.39, 0.29) is 28.8 Å². The van der Waals surface area contributed by atoms with E-state index in [9.17, 15) is 13.2 Å². The van der Waals surface area contributed by atoms with Crippen LogP contribution in [-0.4, -0.2) is 31.1 Å². The third kappa shape index (κ3) is 2.56. The highest BCUT2D eigenvalue weighted by Crippen LogP contribution is 2.35. The Hall–Kier alpha value is -0.560. The van der Waals surface area contributed by atoms with Gasteiger partial charge in [-0.05, 0) is 6.07 Å². The summed E-state index contributed by atoms with van der Waals surface area (Å²) in [5, 5.41) is -0.682. The maximum Gasteiger partial charge on any atom is 0.237 e. The van der Waals surface area contributed by atoms with Gasteiger partial charge in [0.25, 0.3) is 0 Å². The second-order valence-electron chi connectivity index (χ2n) is 3.74. The lowest BCUT2D eigenvalue weighted by molar-refractivity contribution is -0.117. The summed E-state index contributed by atoms with van der Waals surface area (Å²) in [6.45, 7) is -0.0736. The zero-order valence-electron chi connectivity index (χ0n) is 8.81. The fraction of sp³-hybridized carbons (Fsp3) is 0.333. The van der Waals surface area contributed by atoms with Crippen molar-refractivity contribution in [3.63, 3.8) is 0 Å². The summed E-state index contributed by atoms with van der Waals surface area (Å²) in [7, 11) is 1.45. The highest BCUT2D eigenvalue weighted by atomic mass is 35.7. The Balaban J connectivity index is 2.39. The molecule has 1 aliphatic rings. The Bertz CT molecular complexity index is 585. The van der Waals surface area contributed by atoms with Gasteiger partial charge in [-0.15, -0.1) is 0 Å². The van der Waals surface area contributed by atoms with Gasteiger partial charge in [-0.2, -0.15) is 0 Å². The molecular weight excluding hydrogens is 323 g/mol. The summed E-state index contributed by atoms with van der Waals surface area (Å²) >= 11 is 11.8. The first-order chi connectivity index (χ1) is 8.30. The third-order valence-corrected chi connectivity index (χ3v) is 5.04. The molecule has 0 radical (unpaired) electrons. The minimum Gasteiger partial charge on any atom is -0.307 e. The van der Waals surface area contributed by atoms with Crippen molar-refractivity contribution in [2.45, 2.75) is 11.7 Å². The van der Waals surface area contributed by atoms with Crippen LogP contribution in [0.4, 0.5) is 5.69 Å². The van der Waals surface area contributed by atoms with Crippen molar-refractivity contribution in [3.05, 3.63) is 22.4 Å².